The molecule has 2 aliphatic heterocycles. The summed E-state index contributed by atoms with van der Waals surface area (Å²) < 4.78 is 10.8. The zero-order chi connectivity index (χ0) is 11.1. The number of hydrogen-bond donors (Lipinski definition) is 1. The molecule has 0 bridgehead atoms. The van der Waals surface area contributed by atoms with E-state index in [2.05, 4.69) is 11.4 Å². The molecule has 0 saturated carbocycles. The second-order valence-corrected chi connectivity index (χ2v) is 4.67. The summed E-state index contributed by atoms with van der Waals surface area (Å²) >= 11 is 6.29. The largest absolute Gasteiger partial charge is 0.454 e. The first-order chi connectivity index (χ1) is 7.77. The smallest absolute Gasteiger partial charge is 0.231 e. The Labute approximate surface area is 99.7 Å². The second kappa shape index (κ2) is 3.82. The summed E-state index contributed by atoms with van der Waals surface area (Å²) in [5.74, 6) is 1.47. The van der Waals surface area contributed by atoms with Gasteiger partial charge in [0.05, 0.1) is 5.02 Å². The van der Waals surface area contributed by atoms with E-state index in [0.29, 0.717) is 16.8 Å². The minimum atomic E-state index is 0.274. The van der Waals surface area contributed by atoms with E-state index in [9.17, 15) is 0 Å². The lowest BCUT2D eigenvalue weighted by Crippen LogP contribution is -2.14. The molecule has 0 amide bonds. The molecule has 3 rings (SSSR count). The Morgan fingerprint density at radius 2 is 2.31 bits per heavy atom. The van der Waals surface area contributed by atoms with Crippen LogP contribution < -0.4 is 14.8 Å². The maximum atomic E-state index is 6.29. The van der Waals surface area contributed by atoms with Crippen molar-refractivity contribution in [3.05, 3.63) is 22.2 Å². The third-order valence-corrected chi connectivity index (χ3v) is 3.78. The molecule has 1 aromatic rings. The normalized spacial score (nSPS) is 22.8. The summed E-state index contributed by atoms with van der Waals surface area (Å²) in [7, 11) is 0. The fourth-order valence-electron chi connectivity index (χ4n) is 2.43. The minimum Gasteiger partial charge on any atom is -0.454 e. The van der Waals surface area contributed by atoms with Gasteiger partial charge in [-0.15, -0.1) is 0 Å². The van der Waals surface area contributed by atoms with Gasteiger partial charge in [-0.1, -0.05) is 11.6 Å². The first-order valence-corrected chi connectivity index (χ1v) is 5.97. The molecule has 2 aliphatic rings. The van der Waals surface area contributed by atoms with Crippen molar-refractivity contribution in [2.24, 2.45) is 0 Å². The Kier molecular flexibility index (Phi) is 2.45. The number of halogens is 1. The molecule has 1 atom stereocenters. The molecule has 0 aromatic heterocycles. The Morgan fingerprint density at radius 1 is 1.44 bits per heavy atom. The Bertz CT molecular complexity index is 428. The van der Waals surface area contributed by atoms with E-state index in [-0.39, 0.29) is 6.79 Å². The van der Waals surface area contributed by atoms with Gasteiger partial charge in [0.2, 0.25) is 6.79 Å². The zero-order valence-corrected chi connectivity index (χ0v) is 9.93. The zero-order valence-electron chi connectivity index (χ0n) is 9.18. The van der Waals surface area contributed by atoms with Gasteiger partial charge in [-0.05, 0) is 43.5 Å². The van der Waals surface area contributed by atoms with Crippen LogP contribution in [0.3, 0.4) is 0 Å². The van der Waals surface area contributed by atoms with Gasteiger partial charge in [-0.25, -0.2) is 0 Å². The molecule has 4 heteroatoms. The van der Waals surface area contributed by atoms with Crippen LogP contribution in [0.15, 0.2) is 6.07 Å². The highest BCUT2D eigenvalue weighted by molar-refractivity contribution is 6.33. The van der Waals surface area contributed by atoms with Crippen LogP contribution in [0.5, 0.6) is 11.5 Å². The Morgan fingerprint density at radius 3 is 3.06 bits per heavy atom. The molecule has 1 saturated heterocycles. The number of ether oxygens (including phenoxy) is 2. The van der Waals surface area contributed by atoms with Crippen LogP contribution >= 0.6 is 11.6 Å². The summed E-state index contributed by atoms with van der Waals surface area (Å²) in [5, 5.41) is 4.17. The molecule has 1 fully saturated rings. The van der Waals surface area contributed by atoms with Gasteiger partial charge in [0.25, 0.3) is 0 Å². The van der Waals surface area contributed by atoms with E-state index in [4.69, 9.17) is 21.1 Å². The molecular formula is C12H14ClNO2. The van der Waals surface area contributed by atoms with Gasteiger partial charge in [-0.2, -0.15) is 0 Å². The molecule has 0 spiro atoms. The van der Waals surface area contributed by atoms with E-state index in [1.807, 2.05) is 6.92 Å². The molecule has 1 N–H and O–H groups in total. The van der Waals surface area contributed by atoms with Crippen molar-refractivity contribution in [3.8, 4) is 11.5 Å². The predicted octanol–water partition coefficient (Wildman–Crippen LogP) is 2.80. The first kappa shape index (κ1) is 10.2. The molecule has 0 radical (unpaired) electrons. The van der Waals surface area contributed by atoms with Crippen molar-refractivity contribution in [2.45, 2.75) is 25.8 Å². The predicted molar refractivity (Wildman–Crippen MR) is 62.3 cm³/mol. The van der Waals surface area contributed by atoms with Crippen molar-refractivity contribution >= 4 is 11.6 Å². The molecule has 0 aliphatic carbocycles. The summed E-state index contributed by atoms with van der Waals surface area (Å²) in [6, 6.07) is 2.47. The highest BCUT2D eigenvalue weighted by atomic mass is 35.5. The van der Waals surface area contributed by atoms with Gasteiger partial charge in [0, 0.05) is 6.04 Å². The number of hydrogen-bond acceptors (Lipinski definition) is 3. The fourth-order valence-corrected chi connectivity index (χ4v) is 2.68. The van der Waals surface area contributed by atoms with E-state index < -0.39 is 0 Å². The van der Waals surface area contributed by atoms with Crippen LogP contribution in [0, 0.1) is 6.92 Å². The topological polar surface area (TPSA) is 30.5 Å². The third-order valence-electron chi connectivity index (χ3n) is 3.33. The van der Waals surface area contributed by atoms with Crippen LogP contribution in [-0.4, -0.2) is 13.3 Å². The van der Waals surface area contributed by atoms with Crippen molar-refractivity contribution in [1.29, 1.82) is 0 Å². The van der Waals surface area contributed by atoms with E-state index in [1.165, 1.54) is 12.0 Å². The molecule has 3 nitrogen and oxygen atoms in total. The van der Waals surface area contributed by atoms with Gasteiger partial charge in [0.15, 0.2) is 11.5 Å². The van der Waals surface area contributed by atoms with Crippen molar-refractivity contribution < 1.29 is 9.47 Å². The standard InChI is InChI=1S/C12H14ClNO2/c1-7-8(9-3-2-4-14-9)5-10-12(11(7)13)16-6-15-10/h5,9,14H,2-4,6H2,1H3. The lowest BCUT2D eigenvalue weighted by molar-refractivity contribution is 0.174. The van der Waals surface area contributed by atoms with Crippen LogP contribution in [0.1, 0.15) is 30.0 Å². The Hall–Kier alpha value is -0.930. The van der Waals surface area contributed by atoms with Crippen molar-refractivity contribution in [3.63, 3.8) is 0 Å². The lowest BCUT2D eigenvalue weighted by Gasteiger charge is -2.16. The number of fused-ring (bicyclic) bond motifs is 1. The summed E-state index contributed by atoms with van der Waals surface area (Å²) in [6.07, 6.45) is 2.38. The number of benzene rings is 1. The SMILES string of the molecule is Cc1c(C2CCCN2)cc2c(c1Cl)OCO2. The van der Waals surface area contributed by atoms with E-state index >= 15 is 0 Å². The second-order valence-electron chi connectivity index (χ2n) is 4.29. The lowest BCUT2D eigenvalue weighted by atomic mass is 9.99. The van der Waals surface area contributed by atoms with Crippen LogP contribution in [0.25, 0.3) is 0 Å². The first-order valence-electron chi connectivity index (χ1n) is 5.59. The summed E-state index contributed by atoms with van der Waals surface area (Å²) in [4.78, 5) is 0. The van der Waals surface area contributed by atoms with Crippen LogP contribution in [0.4, 0.5) is 0 Å². The highest BCUT2D eigenvalue weighted by Crippen LogP contribution is 2.44. The van der Waals surface area contributed by atoms with E-state index in [1.54, 1.807) is 0 Å². The summed E-state index contributed by atoms with van der Waals surface area (Å²) in [5.41, 5.74) is 2.34. The average Bonchev–Trinajstić information content (AvgIpc) is 2.92. The van der Waals surface area contributed by atoms with Crippen molar-refractivity contribution in [1.82, 2.24) is 5.32 Å². The van der Waals surface area contributed by atoms with Crippen molar-refractivity contribution in [2.75, 3.05) is 13.3 Å². The van der Waals surface area contributed by atoms with Gasteiger partial charge in [-0.3, -0.25) is 0 Å². The Balaban J connectivity index is 2.08. The maximum absolute atomic E-state index is 6.29. The molecule has 1 unspecified atom stereocenters. The van der Waals surface area contributed by atoms with Crippen LogP contribution in [-0.2, 0) is 0 Å². The summed E-state index contributed by atoms with van der Waals surface area (Å²) in [6.45, 7) is 3.39. The highest BCUT2D eigenvalue weighted by Gasteiger charge is 2.26. The third kappa shape index (κ3) is 1.46. The van der Waals surface area contributed by atoms with E-state index in [0.717, 1.165) is 24.3 Å². The molecule has 86 valence electrons. The molecular weight excluding hydrogens is 226 g/mol. The monoisotopic (exact) mass is 239 g/mol. The van der Waals surface area contributed by atoms with Crippen LogP contribution in [0.2, 0.25) is 5.02 Å². The van der Waals surface area contributed by atoms with Gasteiger partial charge < -0.3 is 14.8 Å². The average molecular weight is 240 g/mol. The van der Waals surface area contributed by atoms with Gasteiger partial charge >= 0.3 is 0 Å². The molecule has 1 aromatic carbocycles. The molecule has 2 heterocycles. The fraction of sp³-hybridized carbons (Fsp3) is 0.500. The minimum absolute atomic E-state index is 0.274. The van der Waals surface area contributed by atoms with Gasteiger partial charge in [0.1, 0.15) is 0 Å². The quantitative estimate of drug-likeness (QED) is 0.818. The molecule has 16 heavy (non-hydrogen) atoms. The maximum Gasteiger partial charge on any atom is 0.231 e. The number of rotatable bonds is 1. The number of nitrogens with one attached hydrogen (secondary N) is 1.